The Bertz CT molecular complexity index is 857. The second kappa shape index (κ2) is 6.37. The highest BCUT2D eigenvalue weighted by Crippen LogP contribution is 2.56. The van der Waals surface area contributed by atoms with E-state index in [9.17, 15) is 0 Å². The van der Waals surface area contributed by atoms with Gasteiger partial charge < -0.3 is 11.1 Å². The van der Waals surface area contributed by atoms with E-state index in [1.807, 2.05) is 0 Å². The molecule has 0 unspecified atom stereocenters. The number of rotatable bonds is 3. The fourth-order valence-electron chi connectivity index (χ4n) is 7.04. The molecule has 0 saturated heterocycles. The van der Waals surface area contributed by atoms with Gasteiger partial charge in [0.25, 0.3) is 0 Å². The summed E-state index contributed by atoms with van der Waals surface area (Å²) in [6.45, 7) is 0.906. The molecule has 5 aliphatic rings. The molecule has 4 fully saturated rings. The molecule has 2 aromatic rings. The van der Waals surface area contributed by atoms with E-state index in [1.165, 1.54) is 54.4 Å². The van der Waals surface area contributed by atoms with E-state index in [2.05, 4.69) is 53.8 Å². The maximum absolute atomic E-state index is 6.41. The van der Waals surface area contributed by atoms with Gasteiger partial charge in [-0.2, -0.15) is 0 Å². The monoisotopic (exact) mass is 371 g/mol. The van der Waals surface area contributed by atoms with Crippen molar-refractivity contribution in [1.29, 1.82) is 0 Å². The van der Waals surface area contributed by atoms with Crippen molar-refractivity contribution in [2.45, 2.75) is 38.1 Å². The number of nitrogens with one attached hydrogen (secondary N) is 1. The van der Waals surface area contributed by atoms with Gasteiger partial charge in [-0.25, -0.2) is 0 Å². The molecule has 0 spiro atoms. The van der Waals surface area contributed by atoms with Crippen LogP contribution in [0.1, 0.15) is 49.3 Å². The highest BCUT2D eigenvalue weighted by atomic mass is 15.1. The summed E-state index contributed by atoms with van der Waals surface area (Å²) in [7, 11) is 0. The van der Waals surface area contributed by atoms with E-state index in [0.29, 0.717) is 5.96 Å². The first kappa shape index (κ1) is 16.6. The molecule has 28 heavy (non-hydrogen) atoms. The van der Waals surface area contributed by atoms with E-state index in [0.717, 1.165) is 36.1 Å². The molecule has 0 aromatic heterocycles. The minimum atomic E-state index is 0.106. The van der Waals surface area contributed by atoms with Crippen molar-refractivity contribution in [2.24, 2.45) is 40.3 Å². The van der Waals surface area contributed by atoms with Crippen LogP contribution in [0.3, 0.4) is 0 Å². The number of aliphatic imine (C=N–C) groups is 1. The molecular weight excluding hydrogens is 342 g/mol. The van der Waals surface area contributed by atoms with Crippen LogP contribution in [0.4, 0.5) is 0 Å². The minimum absolute atomic E-state index is 0.106. The molecule has 0 heterocycles. The first-order chi connectivity index (χ1) is 13.8. The first-order valence-electron chi connectivity index (χ1n) is 11.0. The summed E-state index contributed by atoms with van der Waals surface area (Å²) in [5, 5.41) is 3.54. The van der Waals surface area contributed by atoms with E-state index in [4.69, 9.17) is 10.7 Å². The van der Waals surface area contributed by atoms with Crippen LogP contribution in [0.25, 0.3) is 11.1 Å². The molecule has 3 nitrogen and oxygen atoms in total. The van der Waals surface area contributed by atoms with Crippen molar-refractivity contribution in [3.8, 4) is 11.1 Å². The number of nitrogens with two attached hydrogens (primary N) is 1. The van der Waals surface area contributed by atoms with Crippen molar-refractivity contribution < 1.29 is 0 Å². The standard InChI is InChI=1S/C25H29N3/c26-25(27-14-23-17-10-15-9-16(12-17)13-18(23)11-15)28-24-21-7-3-1-5-19(21)20-6-2-4-8-22(20)24/h1-8,15-18,23-24H,9-14H2,(H3,26,27,28). The topological polar surface area (TPSA) is 50.4 Å². The van der Waals surface area contributed by atoms with Gasteiger partial charge in [0.2, 0.25) is 0 Å². The van der Waals surface area contributed by atoms with Crippen LogP contribution < -0.4 is 11.1 Å². The smallest absolute Gasteiger partial charge is 0.189 e. The molecule has 3 heteroatoms. The number of guanidine groups is 1. The number of hydrogen-bond donors (Lipinski definition) is 2. The van der Waals surface area contributed by atoms with E-state index in [-0.39, 0.29) is 6.04 Å². The fourth-order valence-corrected chi connectivity index (χ4v) is 7.04. The Hall–Kier alpha value is -2.29. The third-order valence-electron chi connectivity index (χ3n) is 8.02. The number of nitrogens with zero attached hydrogens (tertiary/aromatic N) is 1. The molecule has 0 aliphatic heterocycles. The maximum atomic E-state index is 6.41. The van der Waals surface area contributed by atoms with Crippen LogP contribution in [0.15, 0.2) is 53.5 Å². The van der Waals surface area contributed by atoms with Gasteiger partial charge in [-0.15, -0.1) is 0 Å². The van der Waals surface area contributed by atoms with Gasteiger partial charge in [-0.3, -0.25) is 4.99 Å². The zero-order valence-electron chi connectivity index (χ0n) is 16.4. The minimum Gasteiger partial charge on any atom is -0.370 e. The molecule has 5 aliphatic carbocycles. The van der Waals surface area contributed by atoms with Gasteiger partial charge in [-0.1, -0.05) is 48.5 Å². The zero-order chi connectivity index (χ0) is 18.7. The van der Waals surface area contributed by atoms with E-state index in [1.54, 1.807) is 0 Å². The lowest BCUT2D eigenvalue weighted by Gasteiger charge is -2.54. The van der Waals surface area contributed by atoms with Crippen molar-refractivity contribution in [2.75, 3.05) is 6.54 Å². The van der Waals surface area contributed by atoms with Crippen molar-refractivity contribution in [3.63, 3.8) is 0 Å². The summed E-state index contributed by atoms with van der Waals surface area (Å²) in [4.78, 5) is 4.86. The highest BCUT2D eigenvalue weighted by molar-refractivity contribution is 5.84. The number of fused-ring (bicyclic) bond motifs is 3. The average Bonchev–Trinajstić information content (AvgIpc) is 3.01. The molecule has 3 N–H and O–H groups in total. The first-order valence-corrected chi connectivity index (χ1v) is 11.0. The number of hydrogen-bond acceptors (Lipinski definition) is 1. The SMILES string of the molecule is NC(=NCC1C2CC3CC(C2)CC1C3)NC1c2ccccc2-c2ccccc21. The number of benzene rings is 2. The van der Waals surface area contributed by atoms with Crippen LogP contribution in [-0.4, -0.2) is 12.5 Å². The molecule has 2 aromatic carbocycles. The second-order valence-electron chi connectivity index (χ2n) is 9.57. The Morgan fingerprint density at radius 1 is 0.821 bits per heavy atom. The largest absolute Gasteiger partial charge is 0.370 e. The molecular formula is C25H29N3. The van der Waals surface area contributed by atoms with Gasteiger partial charge in [-0.05, 0) is 83.9 Å². The fraction of sp³-hybridized carbons (Fsp3) is 0.480. The predicted octanol–water partition coefficient (Wildman–Crippen LogP) is 4.73. The lowest BCUT2D eigenvalue weighted by molar-refractivity contribution is -0.0320. The predicted molar refractivity (Wildman–Crippen MR) is 114 cm³/mol. The Morgan fingerprint density at radius 2 is 1.36 bits per heavy atom. The van der Waals surface area contributed by atoms with Crippen LogP contribution in [0.2, 0.25) is 0 Å². The zero-order valence-corrected chi connectivity index (χ0v) is 16.4. The summed E-state index contributed by atoms with van der Waals surface area (Å²) in [6, 6.07) is 17.4. The third kappa shape index (κ3) is 2.59. The second-order valence-corrected chi connectivity index (χ2v) is 9.57. The lowest BCUT2D eigenvalue weighted by atomic mass is 9.52. The van der Waals surface area contributed by atoms with Gasteiger partial charge >= 0.3 is 0 Å². The van der Waals surface area contributed by atoms with Crippen LogP contribution >= 0.6 is 0 Å². The van der Waals surface area contributed by atoms with E-state index >= 15 is 0 Å². The Balaban J connectivity index is 1.21. The Morgan fingerprint density at radius 3 is 1.93 bits per heavy atom. The van der Waals surface area contributed by atoms with Gasteiger partial charge in [0, 0.05) is 6.54 Å². The van der Waals surface area contributed by atoms with Gasteiger partial charge in [0.15, 0.2) is 5.96 Å². The summed E-state index contributed by atoms with van der Waals surface area (Å²) in [5.74, 6) is 5.21. The Kier molecular flexibility index (Phi) is 3.78. The quantitative estimate of drug-likeness (QED) is 0.605. The molecule has 144 valence electrons. The van der Waals surface area contributed by atoms with Gasteiger partial charge in [0.1, 0.15) is 0 Å². The Labute approximate surface area is 167 Å². The maximum Gasteiger partial charge on any atom is 0.189 e. The molecule has 0 atom stereocenters. The third-order valence-corrected chi connectivity index (χ3v) is 8.02. The normalized spacial score (nSPS) is 33.0. The highest BCUT2D eigenvalue weighted by Gasteiger charge is 2.47. The summed E-state index contributed by atoms with van der Waals surface area (Å²) < 4.78 is 0. The van der Waals surface area contributed by atoms with Crippen molar-refractivity contribution >= 4 is 5.96 Å². The summed E-state index contributed by atoms with van der Waals surface area (Å²) >= 11 is 0. The molecule has 0 amide bonds. The molecule has 0 radical (unpaired) electrons. The van der Waals surface area contributed by atoms with Crippen molar-refractivity contribution in [1.82, 2.24) is 5.32 Å². The molecule has 7 rings (SSSR count). The van der Waals surface area contributed by atoms with Crippen LogP contribution in [0.5, 0.6) is 0 Å². The van der Waals surface area contributed by atoms with Crippen LogP contribution in [-0.2, 0) is 0 Å². The average molecular weight is 372 g/mol. The lowest BCUT2D eigenvalue weighted by Crippen LogP contribution is -2.46. The molecule has 4 saturated carbocycles. The summed E-state index contributed by atoms with van der Waals surface area (Å²) in [6.07, 6.45) is 7.30. The van der Waals surface area contributed by atoms with Crippen LogP contribution in [0, 0.1) is 29.6 Å². The molecule has 4 bridgehead atoms. The summed E-state index contributed by atoms with van der Waals surface area (Å²) in [5.41, 5.74) is 11.6. The van der Waals surface area contributed by atoms with E-state index < -0.39 is 0 Å². The van der Waals surface area contributed by atoms with Gasteiger partial charge in [0.05, 0.1) is 6.04 Å². The van der Waals surface area contributed by atoms with Crippen molar-refractivity contribution in [3.05, 3.63) is 59.7 Å².